The molecule has 4 aromatic rings. The second-order valence-electron chi connectivity index (χ2n) is 5.73. The minimum absolute atomic E-state index is 0.129. The molecule has 2 N–H and O–H groups in total. The van der Waals surface area contributed by atoms with Crippen molar-refractivity contribution in [2.24, 2.45) is 0 Å². The summed E-state index contributed by atoms with van der Waals surface area (Å²) >= 11 is 7.39. The highest BCUT2D eigenvalue weighted by atomic mass is 35.5. The standard InChI is InChI=1S/C19H13ClF2N4OS/c20-16-9-15-17(23-10-24-18(15)25-16)11-1-3-12(4-2-11)26-28-14-7-5-13(6-8-14)27-19(21)22/h1-10,19,26H,(H,23,24,25). The number of halogens is 3. The summed E-state index contributed by atoms with van der Waals surface area (Å²) in [6, 6.07) is 16.0. The summed E-state index contributed by atoms with van der Waals surface area (Å²) in [5.41, 5.74) is 3.31. The summed E-state index contributed by atoms with van der Waals surface area (Å²) in [5.74, 6) is 0.129. The molecule has 142 valence electrons. The summed E-state index contributed by atoms with van der Waals surface area (Å²) in [6.45, 7) is -2.83. The van der Waals surface area contributed by atoms with Gasteiger partial charge in [-0.3, -0.25) is 0 Å². The lowest BCUT2D eigenvalue weighted by molar-refractivity contribution is -0.0498. The van der Waals surface area contributed by atoms with Crippen molar-refractivity contribution in [2.75, 3.05) is 4.72 Å². The van der Waals surface area contributed by atoms with Crippen LogP contribution in [0.2, 0.25) is 5.15 Å². The SMILES string of the molecule is FC(F)Oc1ccc(SNc2ccc(-c3ncnc4[nH]c(Cl)cc34)cc2)cc1. The van der Waals surface area contributed by atoms with Gasteiger partial charge in [0.25, 0.3) is 0 Å². The van der Waals surface area contributed by atoms with Crippen LogP contribution in [0.4, 0.5) is 14.5 Å². The molecule has 0 aliphatic heterocycles. The zero-order chi connectivity index (χ0) is 19.5. The van der Waals surface area contributed by atoms with Crippen LogP contribution in [0.1, 0.15) is 0 Å². The maximum Gasteiger partial charge on any atom is 0.387 e. The molecule has 28 heavy (non-hydrogen) atoms. The van der Waals surface area contributed by atoms with E-state index in [1.54, 1.807) is 18.2 Å². The molecule has 5 nitrogen and oxygen atoms in total. The molecule has 0 spiro atoms. The maximum atomic E-state index is 12.2. The Morgan fingerprint density at radius 1 is 1.04 bits per heavy atom. The summed E-state index contributed by atoms with van der Waals surface area (Å²) < 4.78 is 31.9. The van der Waals surface area contributed by atoms with Crippen LogP contribution in [0.25, 0.3) is 22.3 Å². The Balaban J connectivity index is 1.45. The number of hydrogen-bond acceptors (Lipinski definition) is 5. The molecule has 0 fully saturated rings. The van der Waals surface area contributed by atoms with Gasteiger partial charge in [-0.15, -0.1) is 0 Å². The summed E-state index contributed by atoms with van der Waals surface area (Å²) in [5, 5.41) is 1.37. The molecule has 2 aromatic carbocycles. The number of aromatic amines is 1. The number of aromatic nitrogens is 3. The molecule has 2 heterocycles. The van der Waals surface area contributed by atoms with Gasteiger partial charge in [-0.25, -0.2) is 9.97 Å². The number of alkyl halides is 2. The van der Waals surface area contributed by atoms with Gasteiger partial charge in [0, 0.05) is 21.5 Å². The number of rotatable bonds is 6. The Morgan fingerprint density at radius 3 is 2.50 bits per heavy atom. The first-order valence-corrected chi connectivity index (χ1v) is 9.35. The summed E-state index contributed by atoms with van der Waals surface area (Å²) in [6.07, 6.45) is 1.49. The molecule has 4 rings (SSSR count). The largest absolute Gasteiger partial charge is 0.435 e. The normalized spacial score (nSPS) is 11.1. The first kappa shape index (κ1) is 18.5. The highest BCUT2D eigenvalue weighted by Gasteiger charge is 2.09. The van der Waals surface area contributed by atoms with Crippen LogP contribution in [0.5, 0.6) is 5.75 Å². The molecule has 0 amide bonds. The van der Waals surface area contributed by atoms with E-state index in [-0.39, 0.29) is 5.75 Å². The first-order chi connectivity index (χ1) is 13.6. The van der Waals surface area contributed by atoms with Gasteiger partial charge >= 0.3 is 6.61 Å². The van der Waals surface area contributed by atoms with Crippen LogP contribution in [0.3, 0.4) is 0 Å². The van der Waals surface area contributed by atoms with Crippen LogP contribution in [-0.4, -0.2) is 21.6 Å². The Hall–Kier alpha value is -2.84. The molecule has 9 heteroatoms. The minimum atomic E-state index is -2.83. The van der Waals surface area contributed by atoms with Crippen molar-refractivity contribution < 1.29 is 13.5 Å². The Labute approximate surface area is 168 Å². The van der Waals surface area contributed by atoms with Crippen molar-refractivity contribution in [3.63, 3.8) is 0 Å². The number of ether oxygens (including phenoxy) is 1. The lowest BCUT2D eigenvalue weighted by Crippen LogP contribution is -2.01. The fourth-order valence-corrected chi connectivity index (χ4v) is 3.48. The number of H-pyrrole nitrogens is 1. The third kappa shape index (κ3) is 4.18. The Morgan fingerprint density at radius 2 is 1.79 bits per heavy atom. The van der Waals surface area contributed by atoms with Crippen molar-refractivity contribution >= 4 is 40.3 Å². The molecule has 0 radical (unpaired) electrons. The van der Waals surface area contributed by atoms with Gasteiger partial charge < -0.3 is 14.4 Å². The van der Waals surface area contributed by atoms with E-state index in [1.807, 2.05) is 24.3 Å². The second kappa shape index (κ2) is 8.04. The molecule has 0 saturated heterocycles. The number of anilines is 1. The van der Waals surface area contributed by atoms with Crippen LogP contribution in [0, 0.1) is 0 Å². The quantitative estimate of drug-likeness (QED) is 0.376. The third-order valence-electron chi connectivity index (χ3n) is 3.89. The number of fused-ring (bicyclic) bond motifs is 1. The van der Waals surface area contributed by atoms with Crippen molar-refractivity contribution in [1.82, 2.24) is 15.0 Å². The lowest BCUT2D eigenvalue weighted by Gasteiger charge is -2.08. The third-order valence-corrected chi connectivity index (χ3v) is 4.94. The average Bonchev–Trinajstić information content (AvgIpc) is 3.08. The van der Waals surface area contributed by atoms with Gasteiger partial charge in [0.2, 0.25) is 0 Å². The van der Waals surface area contributed by atoms with E-state index in [0.29, 0.717) is 10.8 Å². The number of benzene rings is 2. The van der Waals surface area contributed by atoms with Crippen molar-refractivity contribution in [1.29, 1.82) is 0 Å². The van der Waals surface area contributed by atoms with E-state index < -0.39 is 6.61 Å². The lowest BCUT2D eigenvalue weighted by atomic mass is 10.1. The van der Waals surface area contributed by atoms with E-state index in [2.05, 4.69) is 24.4 Å². The molecule has 0 aliphatic rings. The van der Waals surface area contributed by atoms with Crippen LogP contribution in [-0.2, 0) is 0 Å². The number of nitrogens with zero attached hydrogens (tertiary/aromatic N) is 2. The monoisotopic (exact) mass is 418 g/mol. The molecule has 0 bridgehead atoms. The fourth-order valence-electron chi connectivity index (χ4n) is 2.64. The highest BCUT2D eigenvalue weighted by molar-refractivity contribution is 8.00. The average molecular weight is 419 g/mol. The van der Waals surface area contributed by atoms with Gasteiger partial charge in [-0.2, -0.15) is 8.78 Å². The molecular formula is C19H13ClF2N4OS. The molecule has 0 atom stereocenters. The van der Waals surface area contributed by atoms with Crippen molar-refractivity contribution in [2.45, 2.75) is 11.5 Å². The van der Waals surface area contributed by atoms with E-state index in [1.165, 1.54) is 30.4 Å². The molecule has 2 aromatic heterocycles. The van der Waals surface area contributed by atoms with Crippen LogP contribution >= 0.6 is 23.5 Å². The summed E-state index contributed by atoms with van der Waals surface area (Å²) in [7, 11) is 0. The van der Waals surface area contributed by atoms with Gasteiger partial charge in [-0.05, 0) is 54.4 Å². The highest BCUT2D eigenvalue weighted by Crippen LogP contribution is 2.29. The molecule has 0 unspecified atom stereocenters. The molecular weight excluding hydrogens is 406 g/mol. The zero-order valence-corrected chi connectivity index (χ0v) is 15.8. The van der Waals surface area contributed by atoms with E-state index in [9.17, 15) is 8.78 Å². The van der Waals surface area contributed by atoms with Gasteiger partial charge in [0.15, 0.2) is 0 Å². The van der Waals surface area contributed by atoms with Crippen molar-refractivity contribution in [3.05, 3.63) is 66.1 Å². The predicted molar refractivity (Wildman–Crippen MR) is 107 cm³/mol. The maximum absolute atomic E-state index is 12.2. The second-order valence-corrected chi connectivity index (χ2v) is 7.02. The summed E-state index contributed by atoms with van der Waals surface area (Å²) in [4.78, 5) is 12.4. The van der Waals surface area contributed by atoms with E-state index >= 15 is 0 Å². The first-order valence-electron chi connectivity index (χ1n) is 8.16. The van der Waals surface area contributed by atoms with Gasteiger partial charge in [0.1, 0.15) is 22.9 Å². The Kier molecular flexibility index (Phi) is 5.31. The molecule has 0 saturated carbocycles. The van der Waals surface area contributed by atoms with E-state index in [0.717, 1.165) is 27.2 Å². The predicted octanol–water partition coefficient (Wildman–Crippen LogP) is 6.00. The van der Waals surface area contributed by atoms with Crippen molar-refractivity contribution in [3.8, 4) is 17.0 Å². The van der Waals surface area contributed by atoms with E-state index in [4.69, 9.17) is 11.6 Å². The topological polar surface area (TPSA) is 62.8 Å². The minimum Gasteiger partial charge on any atom is -0.435 e. The molecule has 0 aliphatic carbocycles. The zero-order valence-electron chi connectivity index (χ0n) is 14.2. The van der Waals surface area contributed by atoms with Crippen LogP contribution in [0.15, 0.2) is 65.8 Å². The fraction of sp³-hybridized carbons (Fsp3) is 0.0526. The van der Waals surface area contributed by atoms with Crippen LogP contribution < -0.4 is 9.46 Å². The smallest absolute Gasteiger partial charge is 0.387 e. The Bertz CT molecular complexity index is 1090. The van der Waals surface area contributed by atoms with Gasteiger partial charge in [-0.1, -0.05) is 23.7 Å². The number of hydrogen-bond donors (Lipinski definition) is 2. The number of nitrogens with one attached hydrogen (secondary N) is 2. The van der Waals surface area contributed by atoms with Gasteiger partial charge in [0.05, 0.1) is 5.69 Å².